The van der Waals surface area contributed by atoms with Crippen molar-refractivity contribution < 1.29 is 17.7 Å². The van der Waals surface area contributed by atoms with E-state index in [2.05, 4.69) is 15.2 Å². The molecule has 1 heterocycles. The first-order valence-electron chi connectivity index (χ1n) is 8.61. The Balaban J connectivity index is 1.66. The second-order valence-corrected chi connectivity index (χ2v) is 9.64. The summed E-state index contributed by atoms with van der Waals surface area (Å²) >= 11 is 0. The fourth-order valence-corrected chi connectivity index (χ4v) is 3.04. The summed E-state index contributed by atoms with van der Waals surface area (Å²) in [5.41, 5.74) is 2.30. The highest BCUT2D eigenvalue weighted by atomic mass is 32.2. The standard InChI is InChI=1S/C20H21N3O4S/c1-20(2,3)28(25,26)23-17-10-6-15(7-11-17)19(24)22-16-8-4-14(5-9-16)18-12-13-21-27-18/h4-13,23H,1-3H3,(H,22,24). The van der Waals surface area contributed by atoms with Crippen LogP contribution in [0.15, 0.2) is 65.3 Å². The summed E-state index contributed by atoms with van der Waals surface area (Å²) in [4.78, 5) is 12.4. The Hall–Kier alpha value is -3.13. The van der Waals surface area contributed by atoms with Crippen molar-refractivity contribution in [1.29, 1.82) is 0 Å². The normalized spacial score (nSPS) is 11.8. The summed E-state index contributed by atoms with van der Waals surface area (Å²) < 4.78 is 31.1. The topological polar surface area (TPSA) is 101 Å². The highest BCUT2D eigenvalue weighted by Gasteiger charge is 2.28. The van der Waals surface area contributed by atoms with Crippen molar-refractivity contribution in [1.82, 2.24) is 5.16 Å². The SMILES string of the molecule is CC(C)(C)S(=O)(=O)Nc1ccc(C(=O)Nc2ccc(-c3ccno3)cc2)cc1. The maximum Gasteiger partial charge on any atom is 0.255 e. The first-order valence-corrected chi connectivity index (χ1v) is 10.1. The highest BCUT2D eigenvalue weighted by Crippen LogP contribution is 2.22. The van der Waals surface area contributed by atoms with Crippen molar-refractivity contribution >= 4 is 27.3 Å². The van der Waals surface area contributed by atoms with E-state index in [4.69, 9.17) is 4.52 Å². The van der Waals surface area contributed by atoms with Gasteiger partial charge >= 0.3 is 0 Å². The molecule has 0 aliphatic heterocycles. The third kappa shape index (κ3) is 4.40. The molecule has 0 aliphatic carbocycles. The number of rotatable bonds is 5. The summed E-state index contributed by atoms with van der Waals surface area (Å²) in [5.74, 6) is 0.351. The van der Waals surface area contributed by atoms with E-state index in [9.17, 15) is 13.2 Å². The van der Waals surface area contributed by atoms with E-state index in [0.29, 0.717) is 22.7 Å². The van der Waals surface area contributed by atoms with Crippen molar-refractivity contribution in [3.8, 4) is 11.3 Å². The zero-order chi connectivity index (χ0) is 20.4. The summed E-state index contributed by atoms with van der Waals surface area (Å²) in [7, 11) is -3.52. The van der Waals surface area contributed by atoms with Crippen LogP contribution < -0.4 is 10.0 Å². The number of nitrogens with zero attached hydrogens (tertiary/aromatic N) is 1. The molecule has 7 nitrogen and oxygen atoms in total. The van der Waals surface area contributed by atoms with Crippen molar-refractivity contribution in [3.63, 3.8) is 0 Å². The number of hydrogen-bond acceptors (Lipinski definition) is 5. The average Bonchev–Trinajstić information content (AvgIpc) is 3.16. The molecular formula is C20H21N3O4S. The Morgan fingerprint density at radius 1 is 0.929 bits per heavy atom. The van der Waals surface area contributed by atoms with E-state index in [0.717, 1.165) is 5.56 Å². The van der Waals surface area contributed by atoms with Crippen LogP contribution in [0, 0.1) is 0 Å². The van der Waals surface area contributed by atoms with Crippen LogP contribution in [0.25, 0.3) is 11.3 Å². The minimum absolute atomic E-state index is 0.294. The summed E-state index contributed by atoms with van der Waals surface area (Å²) in [5, 5.41) is 6.46. The number of amides is 1. The molecule has 0 unspecified atom stereocenters. The van der Waals surface area contributed by atoms with E-state index < -0.39 is 14.8 Å². The average molecular weight is 399 g/mol. The van der Waals surface area contributed by atoms with E-state index in [-0.39, 0.29) is 5.91 Å². The maximum absolute atomic E-state index is 12.4. The molecule has 8 heteroatoms. The predicted molar refractivity (Wildman–Crippen MR) is 109 cm³/mol. The molecule has 2 aromatic carbocycles. The van der Waals surface area contributed by atoms with Crippen LogP contribution in [0.2, 0.25) is 0 Å². The molecule has 2 N–H and O–H groups in total. The van der Waals surface area contributed by atoms with Crippen LogP contribution in [0.3, 0.4) is 0 Å². The molecule has 0 spiro atoms. The smallest absolute Gasteiger partial charge is 0.255 e. The lowest BCUT2D eigenvalue weighted by atomic mass is 10.1. The highest BCUT2D eigenvalue weighted by molar-refractivity contribution is 7.94. The van der Waals surface area contributed by atoms with E-state index in [1.54, 1.807) is 69.4 Å². The number of nitrogens with one attached hydrogen (secondary N) is 2. The van der Waals surface area contributed by atoms with Crippen LogP contribution in [0.1, 0.15) is 31.1 Å². The Bertz CT molecular complexity index is 1050. The number of carbonyl (C=O) groups is 1. The lowest BCUT2D eigenvalue weighted by Crippen LogP contribution is -2.33. The van der Waals surface area contributed by atoms with Crippen molar-refractivity contribution in [3.05, 3.63) is 66.4 Å². The van der Waals surface area contributed by atoms with Gasteiger partial charge in [-0.25, -0.2) is 8.42 Å². The summed E-state index contributed by atoms with van der Waals surface area (Å²) in [6.45, 7) is 4.85. The number of hydrogen-bond donors (Lipinski definition) is 2. The Morgan fingerprint density at radius 2 is 1.54 bits per heavy atom. The van der Waals surface area contributed by atoms with Gasteiger partial charge in [-0.2, -0.15) is 0 Å². The molecular weight excluding hydrogens is 378 g/mol. The largest absolute Gasteiger partial charge is 0.356 e. The van der Waals surface area contributed by atoms with Gasteiger partial charge in [0.2, 0.25) is 10.0 Å². The van der Waals surface area contributed by atoms with Gasteiger partial charge in [0.1, 0.15) is 0 Å². The molecule has 0 radical (unpaired) electrons. The van der Waals surface area contributed by atoms with E-state index in [1.807, 2.05) is 12.1 Å². The summed E-state index contributed by atoms with van der Waals surface area (Å²) in [6, 6.07) is 15.2. The van der Waals surface area contributed by atoms with Gasteiger partial charge in [-0.15, -0.1) is 0 Å². The van der Waals surface area contributed by atoms with Gasteiger partial charge in [0.25, 0.3) is 5.91 Å². The van der Waals surface area contributed by atoms with Crippen LogP contribution in [-0.2, 0) is 10.0 Å². The zero-order valence-corrected chi connectivity index (χ0v) is 16.6. The van der Waals surface area contributed by atoms with Crippen molar-refractivity contribution in [2.24, 2.45) is 0 Å². The molecule has 0 aliphatic rings. The van der Waals surface area contributed by atoms with Crippen LogP contribution in [-0.4, -0.2) is 24.2 Å². The minimum atomic E-state index is -3.52. The number of benzene rings is 2. The van der Waals surface area contributed by atoms with E-state index in [1.165, 1.54) is 0 Å². The first-order chi connectivity index (χ1) is 13.2. The Labute approximate surface area is 163 Å². The predicted octanol–water partition coefficient (Wildman–Crippen LogP) is 4.13. The van der Waals surface area contributed by atoms with Gasteiger partial charge < -0.3 is 9.84 Å². The van der Waals surface area contributed by atoms with Crippen LogP contribution >= 0.6 is 0 Å². The molecule has 0 saturated heterocycles. The molecule has 0 saturated carbocycles. The zero-order valence-electron chi connectivity index (χ0n) is 15.8. The van der Waals surface area contributed by atoms with Gasteiger partial charge in [0.15, 0.2) is 5.76 Å². The Kier molecular flexibility index (Phi) is 5.24. The lowest BCUT2D eigenvalue weighted by Gasteiger charge is -2.20. The quantitative estimate of drug-likeness (QED) is 0.672. The van der Waals surface area contributed by atoms with Gasteiger partial charge in [-0.1, -0.05) is 5.16 Å². The third-order valence-electron chi connectivity index (χ3n) is 4.07. The molecule has 1 aromatic heterocycles. The maximum atomic E-state index is 12.4. The van der Waals surface area contributed by atoms with Gasteiger partial charge in [-0.3, -0.25) is 9.52 Å². The molecule has 3 aromatic rings. The number of anilines is 2. The number of sulfonamides is 1. The third-order valence-corrected chi connectivity index (χ3v) is 6.19. The fraction of sp³-hybridized carbons (Fsp3) is 0.200. The molecule has 0 atom stereocenters. The first kappa shape index (κ1) is 19.6. The fourth-order valence-electron chi connectivity index (χ4n) is 2.28. The summed E-state index contributed by atoms with van der Waals surface area (Å²) in [6.07, 6.45) is 1.57. The lowest BCUT2D eigenvalue weighted by molar-refractivity contribution is 0.102. The molecule has 146 valence electrons. The van der Waals surface area contributed by atoms with E-state index >= 15 is 0 Å². The van der Waals surface area contributed by atoms with Crippen LogP contribution in [0.4, 0.5) is 11.4 Å². The monoisotopic (exact) mass is 399 g/mol. The molecule has 0 fully saturated rings. The second-order valence-electron chi connectivity index (χ2n) is 7.20. The Morgan fingerprint density at radius 3 is 2.07 bits per heavy atom. The number of aromatic nitrogens is 1. The molecule has 1 amide bonds. The van der Waals surface area contributed by atoms with Gasteiger partial charge in [0.05, 0.1) is 10.9 Å². The second kappa shape index (κ2) is 7.47. The van der Waals surface area contributed by atoms with Crippen LogP contribution in [0.5, 0.6) is 0 Å². The molecule has 0 bridgehead atoms. The van der Waals surface area contributed by atoms with Crippen molar-refractivity contribution in [2.45, 2.75) is 25.5 Å². The van der Waals surface area contributed by atoms with Gasteiger partial charge in [0, 0.05) is 28.6 Å². The molecule has 3 rings (SSSR count). The minimum Gasteiger partial charge on any atom is -0.356 e. The van der Waals surface area contributed by atoms with Crippen molar-refractivity contribution in [2.75, 3.05) is 10.0 Å². The van der Waals surface area contributed by atoms with Gasteiger partial charge in [-0.05, 0) is 69.3 Å². The molecule has 28 heavy (non-hydrogen) atoms. The number of carbonyl (C=O) groups excluding carboxylic acids is 1.